The summed E-state index contributed by atoms with van der Waals surface area (Å²) in [6, 6.07) is 1.86. The zero-order valence-corrected chi connectivity index (χ0v) is 17.1. The number of ether oxygens (including phenoxy) is 1. The predicted molar refractivity (Wildman–Crippen MR) is 105 cm³/mol. The Hall–Kier alpha value is -2.19. The molecular formula is C18H22N2O4S2. The summed E-state index contributed by atoms with van der Waals surface area (Å²) in [5, 5.41) is 5.65. The molecule has 0 unspecified atom stereocenters. The van der Waals surface area contributed by atoms with Gasteiger partial charge in [0.1, 0.15) is 5.00 Å². The van der Waals surface area contributed by atoms with Crippen LogP contribution >= 0.6 is 22.7 Å². The van der Waals surface area contributed by atoms with Gasteiger partial charge in [0.05, 0.1) is 21.9 Å². The van der Waals surface area contributed by atoms with Crippen LogP contribution in [0.2, 0.25) is 0 Å². The first-order valence-corrected chi connectivity index (χ1v) is 9.90. The van der Waals surface area contributed by atoms with Crippen LogP contribution in [0.3, 0.4) is 0 Å². The lowest BCUT2D eigenvalue weighted by Gasteiger charge is -2.06. The van der Waals surface area contributed by atoms with Crippen LogP contribution in [0.25, 0.3) is 0 Å². The van der Waals surface area contributed by atoms with Gasteiger partial charge in [0.2, 0.25) is 0 Å². The van der Waals surface area contributed by atoms with E-state index in [2.05, 4.69) is 10.6 Å². The molecule has 0 aromatic carbocycles. The standard InChI is InChI=1S/C18H22N2O4S2/c1-6-11-8-12(25-10(11)4)15(21)20-17-13(18(23)24-7-2)9(3)14(26-17)16(22)19-5/h8H,6-7H2,1-5H3,(H,19,22)(H,20,21). The quantitative estimate of drug-likeness (QED) is 0.730. The second kappa shape index (κ2) is 8.46. The average Bonchev–Trinajstić information content (AvgIpc) is 3.14. The molecule has 0 spiro atoms. The summed E-state index contributed by atoms with van der Waals surface area (Å²) in [5.74, 6) is -1.16. The van der Waals surface area contributed by atoms with Gasteiger partial charge in [-0.05, 0) is 44.4 Å². The Kier molecular flexibility index (Phi) is 6.55. The predicted octanol–water partition coefficient (Wildman–Crippen LogP) is 3.78. The Morgan fingerprint density at radius 3 is 2.35 bits per heavy atom. The molecule has 2 rings (SSSR count). The Morgan fingerprint density at radius 1 is 1.12 bits per heavy atom. The first kappa shape index (κ1) is 20.1. The molecule has 2 heterocycles. The number of hydrogen-bond acceptors (Lipinski definition) is 6. The van der Waals surface area contributed by atoms with Gasteiger partial charge >= 0.3 is 5.97 Å². The number of amides is 2. The van der Waals surface area contributed by atoms with Gasteiger partial charge in [0.15, 0.2) is 0 Å². The third kappa shape index (κ3) is 3.96. The second-order valence-corrected chi connectivity index (χ2v) is 7.84. The summed E-state index contributed by atoms with van der Waals surface area (Å²) < 4.78 is 5.09. The molecule has 140 valence electrons. The number of thiophene rings is 2. The Labute approximate surface area is 160 Å². The molecule has 0 aliphatic carbocycles. The highest BCUT2D eigenvalue weighted by Crippen LogP contribution is 2.34. The van der Waals surface area contributed by atoms with E-state index in [0.29, 0.717) is 20.3 Å². The van der Waals surface area contributed by atoms with E-state index in [0.717, 1.165) is 28.2 Å². The van der Waals surface area contributed by atoms with Crippen LogP contribution in [0.1, 0.15) is 59.6 Å². The molecule has 0 aliphatic rings. The minimum Gasteiger partial charge on any atom is -0.462 e. The fourth-order valence-corrected chi connectivity index (χ4v) is 4.67. The number of esters is 1. The van der Waals surface area contributed by atoms with Crippen LogP contribution in [-0.4, -0.2) is 31.4 Å². The normalized spacial score (nSPS) is 10.5. The van der Waals surface area contributed by atoms with Crippen molar-refractivity contribution in [3.8, 4) is 0 Å². The maximum Gasteiger partial charge on any atom is 0.341 e. The van der Waals surface area contributed by atoms with Crippen molar-refractivity contribution in [3.05, 3.63) is 37.4 Å². The summed E-state index contributed by atoms with van der Waals surface area (Å²) >= 11 is 2.48. The van der Waals surface area contributed by atoms with E-state index >= 15 is 0 Å². The highest BCUT2D eigenvalue weighted by atomic mass is 32.1. The fourth-order valence-electron chi connectivity index (χ4n) is 2.53. The van der Waals surface area contributed by atoms with Gasteiger partial charge in [-0.3, -0.25) is 9.59 Å². The monoisotopic (exact) mass is 394 g/mol. The van der Waals surface area contributed by atoms with Gasteiger partial charge in [-0.25, -0.2) is 4.79 Å². The fraction of sp³-hybridized carbons (Fsp3) is 0.389. The molecule has 0 aliphatic heterocycles. The second-order valence-electron chi connectivity index (χ2n) is 5.56. The number of carbonyl (C=O) groups excluding carboxylic acids is 3. The van der Waals surface area contributed by atoms with E-state index in [1.807, 2.05) is 19.9 Å². The molecule has 0 radical (unpaired) electrons. The van der Waals surface area contributed by atoms with E-state index in [-0.39, 0.29) is 24.0 Å². The molecule has 2 N–H and O–H groups in total. The molecule has 2 aromatic heterocycles. The average molecular weight is 395 g/mol. The van der Waals surface area contributed by atoms with Gasteiger partial charge in [-0.2, -0.15) is 0 Å². The minimum absolute atomic E-state index is 0.209. The van der Waals surface area contributed by atoms with Crippen molar-refractivity contribution in [1.29, 1.82) is 0 Å². The summed E-state index contributed by atoms with van der Waals surface area (Å²) in [7, 11) is 1.52. The first-order chi connectivity index (χ1) is 12.3. The molecule has 0 atom stereocenters. The molecule has 0 saturated heterocycles. The number of hydrogen-bond donors (Lipinski definition) is 2. The van der Waals surface area contributed by atoms with Crippen LogP contribution in [0.15, 0.2) is 6.07 Å². The molecule has 8 heteroatoms. The largest absolute Gasteiger partial charge is 0.462 e. The van der Waals surface area contributed by atoms with Crippen molar-refractivity contribution in [1.82, 2.24) is 5.32 Å². The molecule has 2 aromatic rings. The van der Waals surface area contributed by atoms with Crippen molar-refractivity contribution >= 4 is 45.5 Å². The van der Waals surface area contributed by atoms with Crippen LogP contribution in [0.5, 0.6) is 0 Å². The van der Waals surface area contributed by atoms with E-state index in [9.17, 15) is 14.4 Å². The zero-order chi connectivity index (χ0) is 19.4. The van der Waals surface area contributed by atoms with E-state index in [4.69, 9.17) is 4.74 Å². The Bertz CT molecular complexity index is 852. The summed E-state index contributed by atoms with van der Waals surface area (Å²) in [6.45, 7) is 7.60. The molecular weight excluding hydrogens is 372 g/mol. The smallest absolute Gasteiger partial charge is 0.341 e. The number of anilines is 1. The van der Waals surface area contributed by atoms with Gasteiger partial charge in [0.25, 0.3) is 11.8 Å². The van der Waals surface area contributed by atoms with E-state index in [1.165, 1.54) is 18.4 Å². The summed E-state index contributed by atoms with van der Waals surface area (Å²) in [5.41, 5.74) is 1.85. The molecule has 0 fully saturated rings. The van der Waals surface area contributed by atoms with Crippen molar-refractivity contribution < 1.29 is 19.1 Å². The Balaban J connectivity index is 2.41. The molecule has 0 bridgehead atoms. The van der Waals surface area contributed by atoms with Crippen molar-refractivity contribution in [2.75, 3.05) is 19.0 Å². The Morgan fingerprint density at radius 2 is 1.81 bits per heavy atom. The number of nitrogens with one attached hydrogen (secondary N) is 2. The van der Waals surface area contributed by atoms with Gasteiger partial charge in [-0.15, -0.1) is 22.7 Å². The summed E-state index contributed by atoms with van der Waals surface area (Å²) in [4.78, 5) is 39.1. The number of carbonyl (C=O) groups is 3. The van der Waals surface area contributed by atoms with E-state index in [1.54, 1.807) is 13.8 Å². The van der Waals surface area contributed by atoms with Crippen molar-refractivity contribution in [3.63, 3.8) is 0 Å². The highest BCUT2D eigenvalue weighted by Gasteiger charge is 2.26. The lowest BCUT2D eigenvalue weighted by molar-refractivity contribution is 0.0527. The van der Waals surface area contributed by atoms with Gasteiger partial charge in [-0.1, -0.05) is 6.92 Å². The lowest BCUT2D eigenvalue weighted by Crippen LogP contribution is -2.17. The van der Waals surface area contributed by atoms with Crippen molar-refractivity contribution in [2.45, 2.75) is 34.1 Å². The van der Waals surface area contributed by atoms with Crippen LogP contribution in [-0.2, 0) is 11.2 Å². The first-order valence-electron chi connectivity index (χ1n) is 8.27. The molecule has 0 saturated carbocycles. The van der Waals surface area contributed by atoms with Crippen LogP contribution < -0.4 is 10.6 Å². The zero-order valence-electron chi connectivity index (χ0n) is 15.4. The molecule has 6 nitrogen and oxygen atoms in total. The maximum atomic E-state index is 12.6. The summed E-state index contributed by atoms with van der Waals surface area (Å²) in [6.07, 6.45) is 0.850. The van der Waals surface area contributed by atoms with Gasteiger partial charge < -0.3 is 15.4 Å². The maximum absolute atomic E-state index is 12.6. The van der Waals surface area contributed by atoms with Gasteiger partial charge in [0, 0.05) is 11.9 Å². The van der Waals surface area contributed by atoms with Crippen molar-refractivity contribution in [2.24, 2.45) is 0 Å². The number of rotatable bonds is 6. The third-order valence-electron chi connectivity index (χ3n) is 3.91. The topological polar surface area (TPSA) is 84.5 Å². The van der Waals surface area contributed by atoms with Crippen LogP contribution in [0.4, 0.5) is 5.00 Å². The van der Waals surface area contributed by atoms with Crippen LogP contribution in [0, 0.1) is 13.8 Å². The minimum atomic E-state index is -0.552. The number of aryl methyl sites for hydroxylation is 2. The SMILES string of the molecule is CCOC(=O)c1c(NC(=O)c2cc(CC)c(C)s2)sc(C(=O)NC)c1C. The highest BCUT2D eigenvalue weighted by molar-refractivity contribution is 7.19. The lowest BCUT2D eigenvalue weighted by atomic mass is 10.1. The third-order valence-corrected chi connectivity index (χ3v) is 6.21. The molecule has 2 amide bonds. The van der Waals surface area contributed by atoms with E-state index < -0.39 is 5.97 Å². The molecule has 26 heavy (non-hydrogen) atoms.